The topological polar surface area (TPSA) is 17.1 Å². The quantitative estimate of drug-likeness (QED) is 0.469. The Kier molecular flexibility index (Phi) is 4.78. The minimum atomic E-state index is -0.00336. The molecule has 1 nitrogen and oxygen atoms in total. The van der Waals surface area contributed by atoms with Crippen LogP contribution in [-0.4, -0.2) is 11.7 Å². The van der Waals surface area contributed by atoms with Crippen LogP contribution in [0.4, 0.5) is 0 Å². The lowest BCUT2D eigenvalue weighted by Crippen LogP contribution is -2.03. The maximum atomic E-state index is 12.4. The number of hydrogen-bond acceptors (Lipinski definition) is 1. The first kappa shape index (κ1) is 13.4. The highest BCUT2D eigenvalue weighted by Gasteiger charge is 2.11. The lowest BCUT2D eigenvalue weighted by atomic mass is 9.98. The van der Waals surface area contributed by atoms with Crippen LogP contribution in [0.5, 0.6) is 0 Å². The molecule has 0 fully saturated rings. The highest BCUT2D eigenvalue weighted by Crippen LogP contribution is 2.13. The first-order valence-corrected chi connectivity index (χ1v) is 6.60. The minimum Gasteiger partial charge on any atom is -0.289 e. The average molecular weight is 269 g/mol. The molecule has 0 amide bonds. The van der Waals surface area contributed by atoms with Crippen molar-refractivity contribution >= 4 is 17.4 Å². The van der Waals surface area contributed by atoms with E-state index in [0.29, 0.717) is 23.4 Å². The van der Waals surface area contributed by atoms with Crippen molar-refractivity contribution in [3.63, 3.8) is 0 Å². The van der Waals surface area contributed by atoms with Crippen LogP contribution < -0.4 is 0 Å². The molecule has 2 rings (SSSR count). The van der Waals surface area contributed by atoms with E-state index >= 15 is 0 Å². The summed E-state index contributed by atoms with van der Waals surface area (Å²) in [7, 11) is 0. The van der Waals surface area contributed by atoms with Crippen molar-refractivity contribution < 1.29 is 4.79 Å². The highest BCUT2D eigenvalue weighted by atomic mass is 35.5. The van der Waals surface area contributed by atoms with Crippen LogP contribution >= 0.6 is 11.6 Å². The number of hydrogen-bond donors (Lipinski definition) is 0. The van der Waals surface area contributed by atoms with Crippen molar-refractivity contribution in [3.8, 4) is 11.8 Å². The van der Waals surface area contributed by atoms with E-state index in [4.69, 9.17) is 11.6 Å². The second-order valence-electron chi connectivity index (χ2n) is 3.98. The molecule has 0 aliphatic carbocycles. The van der Waals surface area contributed by atoms with Crippen molar-refractivity contribution in [2.24, 2.45) is 0 Å². The highest BCUT2D eigenvalue weighted by molar-refractivity contribution is 6.18. The fraction of sp³-hybridized carbons (Fsp3) is 0.118. The summed E-state index contributed by atoms with van der Waals surface area (Å²) in [6.07, 6.45) is 0.620. The number of halogens is 1. The molecule has 0 aliphatic heterocycles. The number of alkyl halides is 1. The Morgan fingerprint density at radius 1 is 1.00 bits per heavy atom. The van der Waals surface area contributed by atoms with Gasteiger partial charge in [0, 0.05) is 29.0 Å². The van der Waals surface area contributed by atoms with Crippen LogP contribution in [0.25, 0.3) is 0 Å². The Labute approximate surface area is 118 Å². The molecule has 0 saturated carbocycles. The summed E-state index contributed by atoms with van der Waals surface area (Å²) >= 11 is 5.60. The van der Waals surface area contributed by atoms with Crippen molar-refractivity contribution in [2.45, 2.75) is 6.42 Å². The molecular weight excluding hydrogens is 256 g/mol. The third-order valence-electron chi connectivity index (χ3n) is 2.65. The largest absolute Gasteiger partial charge is 0.289 e. The molecule has 0 heterocycles. The summed E-state index contributed by atoms with van der Waals surface area (Å²) in [4.78, 5) is 12.4. The maximum absolute atomic E-state index is 12.4. The van der Waals surface area contributed by atoms with Crippen LogP contribution in [0.3, 0.4) is 0 Å². The summed E-state index contributed by atoms with van der Waals surface area (Å²) in [5, 5.41) is 0. The Hall–Kier alpha value is -2.04. The number of carbonyl (C=O) groups excluding carboxylic acids is 1. The molecular formula is C17H13ClO. The van der Waals surface area contributed by atoms with Crippen LogP contribution in [0, 0.1) is 11.8 Å². The molecule has 0 atom stereocenters. The maximum Gasteiger partial charge on any atom is 0.194 e. The monoisotopic (exact) mass is 268 g/mol. The van der Waals surface area contributed by atoms with Gasteiger partial charge in [-0.3, -0.25) is 4.79 Å². The number of ketones is 1. The SMILES string of the molecule is O=C(c1ccccc1)c1ccccc1C#CCCCl. The Morgan fingerprint density at radius 3 is 2.42 bits per heavy atom. The van der Waals surface area contributed by atoms with E-state index in [1.165, 1.54) is 0 Å². The summed E-state index contributed by atoms with van der Waals surface area (Å²) in [5.74, 6) is 6.47. The van der Waals surface area contributed by atoms with Gasteiger partial charge in [-0.2, -0.15) is 0 Å². The lowest BCUT2D eigenvalue weighted by Gasteiger charge is -2.03. The summed E-state index contributed by atoms with van der Waals surface area (Å²) in [6.45, 7) is 0. The van der Waals surface area contributed by atoms with Crippen molar-refractivity contribution in [1.29, 1.82) is 0 Å². The lowest BCUT2D eigenvalue weighted by molar-refractivity contribution is 0.103. The Balaban J connectivity index is 2.36. The summed E-state index contributed by atoms with van der Waals surface area (Å²) < 4.78 is 0. The molecule has 2 aromatic carbocycles. The number of rotatable bonds is 3. The van der Waals surface area contributed by atoms with E-state index in [-0.39, 0.29) is 5.78 Å². The Morgan fingerprint density at radius 2 is 1.68 bits per heavy atom. The zero-order valence-electron chi connectivity index (χ0n) is 10.4. The first-order valence-electron chi connectivity index (χ1n) is 6.06. The molecule has 2 aromatic rings. The van der Waals surface area contributed by atoms with Gasteiger partial charge in [0.2, 0.25) is 0 Å². The first-order chi connectivity index (χ1) is 9.33. The van der Waals surface area contributed by atoms with Crippen LogP contribution in [0.2, 0.25) is 0 Å². The molecule has 2 heteroatoms. The molecule has 0 aromatic heterocycles. The molecule has 0 bridgehead atoms. The third kappa shape index (κ3) is 3.47. The predicted molar refractivity (Wildman–Crippen MR) is 78.5 cm³/mol. The van der Waals surface area contributed by atoms with Crippen molar-refractivity contribution in [3.05, 3.63) is 71.3 Å². The normalized spacial score (nSPS) is 9.53. The van der Waals surface area contributed by atoms with Crippen molar-refractivity contribution in [1.82, 2.24) is 0 Å². The molecule has 0 radical (unpaired) electrons. The van der Waals surface area contributed by atoms with Gasteiger partial charge in [-0.05, 0) is 12.1 Å². The van der Waals surface area contributed by atoms with Crippen LogP contribution in [0.15, 0.2) is 54.6 Å². The van der Waals surface area contributed by atoms with E-state index < -0.39 is 0 Å². The van der Waals surface area contributed by atoms with Gasteiger partial charge in [0.1, 0.15) is 0 Å². The van der Waals surface area contributed by atoms with Crippen LogP contribution in [-0.2, 0) is 0 Å². The molecule has 0 aliphatic rings. The van der Waals surface area contributed by atoms with Gasteiger partial charge in [-0.15, -0.1) is 11.6 Å². The fourth-order valence-corrected chi connectivity index (χ4v) is 1.83. The fourth-order valence-electron chi connectivity index (χ4n) is 1.74. The minimum absolute atomic E-state index is 0.00336. The molecule has 0 N–H and O–H groups in total. The predicted octanol–water partition coefficient (Wildman–Crippen LogP) is 3.90. The summed E-state index contributed by atoms with van der Waals surface area (Å²) in [6, 6.07) is 16.6. The molecule has 0 saturated heterocycles. The van der Waals surface area contributed by atoms with E-state index in [2.05, 4.69) is 11.8 Å². The van der Waals surface area contributed by atoms with E-state index in [9.17, 15) is 4.79 Å². The van der Waals surface area contributed by atoms with Gasteiger partial charge in [0.25, 0.3) is 0 Å². The second-order valence-corrected chi connectivity index (χ2v) is 4.36. The standard InChI is InChI=1S/C17H13ClO/c18-13-7-6-9-14-8-4-5-12-16(14)17(19)15-10-2-1-3-11-15/h1-5,8,10-12H,7,13H2. The van der Waals surface area contributed by atoms with Crippen molar-refractivity contribution in [2.75, 3.05) is 5.88 Å². The Bertz CT molecular complexity index is 620. The van der Waals surface area contributed by atoms with Gasteiger partial charge >= 0.3 is 0 Å². The molecule has 0 spiro atoms. The van der Waals surface area contributed by atoms with E-state index in [1.54, 1.807) is 6.07 Å². The van der Waals surface area contributed by atoms with Gasteiger partial charge in [0.05, 0.1) is 0 Å². The van der Waals surface area contributed by atoms with Gasteiger partial charge in [0.15, 0.2) is 5.78 Å². The van der Waals surface area contributed by atoms with E-state index in [0.717, 1.165) is 5.56 Å². The average Bonchev–Trinajstić information content (AvgIpc) is 2.48. The second kappa shape index (κ2) is 6.78. The zero-order valence-corrected chi connectivity index (χ0v) is 11.2. The molecule has 19 heavy (non-hydrogen) atoms. The smallest absolute Gasteiger partial charge is 0.194 e. The van der Waals surface area contributed by atoms with Gasteiger partial charge < -0.3 is 0 Å². The summed E-state index contributed by atoms with van der Waals surface area (Å²) in [5.41, 5.74) is 2.06. The number of carbonyl (C=O) groups is 1. The third-order valence-corrected chi connectivity index (χ3v) is 2.84. The van der Waals surface area contributed by atoms with Gasteiger partial charge in [-0.25, -0.2) is 0 Å². The molecule has 0 unspecified atom stereocenters. The zero-order chi connectivity index (χ0) is 13.5. The van der Waals surface area contributed by atoms with Crippen LogP contribution in [0.1, 0.15) is 27.9 Å². The van der Waals surface area contributed by atoms with Gasteiger partial charge in [-0.1, -0.05) is 54.3 Å². The number of benzene rings is 2. The molecule has 94 valence electrons. The van der Waals surface area contributed by atoms with E-state index in [1.807, 2.05) is 48.5 Å².